The van der Waals surface area contributed by atoms with Crippen molar-refractivity contribution in [3.05, 3.63) is 59.5 Å². The first kappa shape index (κ1) is 27.4. The van der Waals surface area contributed by atoms with Crippen molar-refractivity contribution in [1.29, 1.82) is 0 Å². The second-order valence-corrected chi connectivity index (χ2v) is 10.5. The minimum atomic E-state index is -4.57. The van der Waals surface area contributed by atoms with Crippen molar-refractivity contribution < 1.29 is 36.9 Å². The molecule has 10 nitrogen and oxygen atoms in total. The fourth-order valence-corrected chi connectivity index (χ4v) is 5.61. The Kier molecular flexibility index (Phi) is 6.93. The number of benzene rings is 2. The number of alkyl halides is 3. The highest BCUT2D eigenvalue weighted by molar-refractivity contribution is 7.22. The number of nitrogens with one attached hydrogen (secondary N) is 1. The molecule has 3 aromatic heterocycles. The number of halogens is 3. The van der Waals surface area contributed by atoms with E-state index in [9.17, 15) is 18.0 Å². The normalized spacial score (nSPS) is 14.7. The molecule has 2 aromatic carbocycles. The molecule has 0 aliphatic carbocycles. The van der Waals surface area contributed by atoms with Gasteiger partial charge in [-0.15, -0.1) is 11.3 Å². The molecule has 0 spiro atoms. The predicted octanol–water partition coefficient (Wildman–Crippen LogP) is 6.33. The number of carbonyl (C=O) groups excluding carboxylic acids is 1. The number of aromatic nitrogens is 4. The van der Waals surface area contributed by atoms with Gasteiger partial charge in [0.2, 0.25) is 5.88 Å². The van der Waals surface area contributed by atoms with Crippen LogP contribution in [0.1, 0.15) is 16.8 Å². The largest absolute Gasteiger partial charge is 0.484 e. The van der Waals surface area contributed by atoms with Crippen molar-refractivity contribution in [2.24, 2.45) is 0 Å². The molecule has 1 aliphatic rings. The van der Waals surface area contributed by atoms with Crippen molar-refractivity contribution in [2.45, 2.75) is 26.1 Å². The summed E-state index contributed by atoms with van der Waals surface area (Å²) in [6.07, 6.45) is -3.57. The molecule has 0 fully saturated rings. The third kappa shape index (κ3) is 5.32. The number of pyridine rings is 1. The molecule has 0 saturated carbocycles. The van der Waals surface area contributed by atoms with Crippen molar-refractivity contribution in [2.75, 3.05) is 25.6 Å². The Morgan fingerprint density at radius 2 is 1.95 bits per heavy atom. The van der Waals surface area contributed by atoms with E-state index in [1.54, 1.807) is 13.3 Å². The average molecular weight is 598 g/mol. The van der Waals surface area contributed by atoms with Crippen LogP contribution in [-0.4, -0.2) is 52.5 Å². The lowest BCUT2D eigenvalue weighted by Crippen LogP contribution is -2.35. The number of rotatable bonds is 5. The molecule has 42 heavy (non-hydrogen) atoms. The smallest absolute Gasteiger partial charge is 0.433 e. The maximum atomic E-state index is 12.7. The number of ether oxygens (including phenoxy) is 4. The minimum absolute atomic E-state index is 0.0599. The number of anilines is 1. The van der Waals surface area contributed by atoms with Gasteiger partial charge in [-0.05, 0) is 55.3 Å². The SMILES string of the molecule is COc1cnc2c(-c3nc4c(C)cc5c(c4s3)OCC(COC(=O)Nc3ccc(C(F)(F)F)nc3)O5)cc(C)cc2n1. The number of aryl methyl sites for hydroxylation is 2. The number of thiazole rings is 1. The Bertz CT molecular complexity index is 1830. The molecular formula is C28H22F3N5O5S. The summed E-state index contributed by atoms with van der Waals surface area (Å²) in [5, 5.41) is 3.09. The molecule has 216 valence electrons. The number of hydrogen-bond acceptors (Lipinski definition) is 10. The number of fused-ring (bicyclic) bond motifs is 4. The summed E-state index contributed by atoms with van der Waals surface area (Å²) in [6.45, 7) is 3.85. The third-order valence-corrected chi connectivity index (χ3v) is 7.48. The predicted molar refractivity (Wildman–Crippen MR) is 148 cm³/mol. The van der Waals surface area contributed by atoms with Gasteiger partial charge in [-0.25, -0.2) is 24.7 Å². The molecule has 0 bridgehead atoms. The number of nitrogens with zero attached hydrogens (tertiary/aromatic N) is 4. The molecule has 1 amide bonds. The third-order valence-electron chi connectivity index (χ3n) is 6.39. The zero-order chi connectivity index (χ0) is 29.6. The maximum Gasteiger partial charge on any atom is 0.433 e. The van der Waals surface area contributed by atoms with Gasteiger partial charge >= 0.3 is 12.3 Å². The summed E-state index contributed by atoms with van der Waals surface area (Å²) in [6, 6.07) is 7.63. The monoisotopic (exact) mass is 597 g/mol. The second-order valence-electron chi connectivity index (χ2n) is 9.51. The highest BCUT2D eigenvalue weighted by Gasteiger charge is 2.32. The van der Waals surface area contributed by atoms with Crippen LogP contribution in [0.3, 0.4) is 0 Å². The lowest BCUT2D eigenvalue weighted by molar-refractivity contribution is -0.141. The number of hydrogen-bond donors (Lipinski definition) is 1. The van der Waals surface area contributed by atoms with Gasteiger partial charge in [-0.2, -0.15) is 13.2 Å². The second kappa shape index (κ2) is 10.6. The van der Waals surface area contributed by atoms with Crippen LogP contribution in [-0.2, 0) is 10.9 Å². The molecule has 0 radical (unpaired) electrons. The molecule has 4 heterocycles. The minimum Gasteiger partial charge on any atom is -0.484 e. The standard InChI is InChI=1S/C28H22F3N5O5S/c1-13-6-17(23-18(7-13)35-21(38-3)10-33-23)26-36-22-14(2)8-19-24(25(22)42-26)39-11-16(41-19)12-40-27(37)34-15-4-5-20(32-9-15)28(29,30)31/h4-10,16H,11-12H2,1-3H3,(H,34,37). The van der Waals surface area contributed by atoms with Crippen LogP contribution < -0.4 is 19.5 Å². The highest BCUT2D eigenvalue weighted by Crippen LogP contribution is 2.46. The molecule has 1 atom stereocenters. The molecule has 0 saturated heterocycles. The van der Waals surface area contributed by atoms with Gasteiger partial charge in [-0.1, -0.05) is 0 Å². The Hall–Kier alpha value is -4.72. The lowest BCUT2D eigenvalue weighted by atomic mass is 10.1. The Balaban J connectivity index is 1.19. The fraction of sp³-hybridized carbons (Fsp3) is 0.250. The molecule has 1 unspecified atom stereocenters. The van der Waals surface area contributed by atoms with E-state index in [1.165, 1.54) is 11.3 Å². The zero-order valence-electron chi connectivity index (χ0n) is 22.4. The van der Waals surface area contributed by atoms with Gasteiger partial charge in [-0.3, -0.25) is 5.32 Å². The number of methoxy groups -OCH3 is 1. The van der Waals surface area contributed by atoms with E-state index in [4.69, 9.17) is 23.9 Å². The first-order valence-corrected chi connectivity index (χ1v) is 13.4. The molecule has 1 N–H and O–H groups in total. The van der Waals surface area contributed by atoms with E-state index in [0.717, 1.165) is 50.2 Å². The summed E-state index contributed by atoms with van der Waals surface area (Å²) < 4.78 is 61.5. The quantitative estimate of drug-likeness (QED) is 0.248. The molecule has 6 rings (SSSR count). The van der Waals surface area contributed by atoms with Crippen LogP contribution in [0.2, 0.25) is 0 Å². The highest BCUT2D eigenvalue weighted by atomic mass is 32.1. The summed E-state index contributed by atoms with van der Waals surface area (Å²) in [7, 11) is 1.54. The van der Waals surface area contributed by atoms with E-state index < -0.39 is 24.1 Å². The Morgan fingerprint density at radius 3 is 2.69 bits per heavy atom. The van der Waals surface area contributed by atoms with Crippen LogP contribution >= 0.6 is 11.3 Å². The Morgan fingerprint density at radius 1 is 1.12 bits per heavy atom. The summed E-state index contributed by atoms with van der Waals surface area (Å²) in [5.41, 5.74) is 3.87. The van der Waals surface area contributed by atoms with E-state index in [0.29, 0.717) is 28.4 Å². The number of amides is 1. The number of carbonyl (C=O) groups is 1. The average Bonchev–Trinajstić information content (AvgIpc) is 3.41. The van der Waals surface area contributed by atoms with Gasteiger partial charge < -0.3 is 18.9 Å². The van der Waals surface area contributed by atoms with Crippen LogP contribution in [0.5, 0.6) is 17.4 Å². The van der Waals surface area contributed by atoms with Gasteiger partial charge in [0.25, 0.3) is 0 Å². The molecular weight excluding hydrogens is 575 g/mol. The van der Waals surface area contributed by atoms with Crippen molar-refractivity contribution in [1.82, 2.24) is 19.9 Å². The van der Waals surface area contributed by atoms with Crippen LogP contribution in [0, 0.1) is 13.8 Å². The van der Waals surface area contributed by atoms with Gasteiger partial charge in [0.15, 0.2) is 17.6 Å². The van der Waals surface area contributed by atoms with E-state index >= 15 is 0 Å². The molecule has 1 aliphatic heterocycles. The van der Waals surface area contributed by atoms with E-state index in [-0.39, 0.29) is 18.9 Å². The van der Waals surface area contributed by atoms with Crippen LogP contribution in [0.4, 0.5) is 23.7 Å². The van der Waals surface area contributed by atoms with Crippen molar-refractivity contribution in [3.8, 4) is 28.0 Å². The first-order chi connectivity index (χ1) is 20.1. The Labute approximate surface area is 240 Å². The fourth-order valence-electron chi connectivity index (χ4n) is 4.46. The van der Waals surface area contributed by atoms with Crippen LogP contribution in [0.25, 0.3) is 31.8 Å². The van der Waals surface area contributed by atoms with Crippen molar-refractivity contribution >= 4 is 44.4 Å². The maximum absolute atomic E-state index is 12.7. The summed E-state index contributed by atoms with van der Waals surface area (Å²) in [4.78, 5) is 29.5. The molecule has 5 aromatic rings. The lowest BCUT2D eigenvalue weighted by Gasteiger charge is -2.26. The topological polar surface area (TPSA) is 118 Å². The van der Waals surface area contributed by atoms with Gasteiger partial charge in [0.05, 0.1) is 41.7 Å². The van der Waals surface area contributed by atoms with E-state index in [2.05, 4.69) is 20.3 Å². The van der Waals surface area contributed by atoms with E-state index in [1.807, 2.05) is 32.0 Å². The van der Waals surface area contributed by atoms with Crippen molar-refractivity contribution in [3.63, 3.8) is 0 Å². The first-order valence-electron chi connectivity index (χ1n) is 12.6. The van der Waals surface area contributed by atoms with Gasteiger partial charge in [0.1, 0.15) is 28.6 Å². The summed E-state index contributed by atoms with van der Waals surface area (Å²) in [5.74, 6) is 1.45. The zero-order valence-corrected chi connectivity index (χ0v) is 23.2. The summed E-state index contributed by atoms with van der Waals surface area (Å²) >= 11 is 1.45. The van der Waals surface area contributed by atoms with Crippen LogP contribution in [0.15, 0.2) is 42.7 Å². The van der Waals surface area contributed by atoms with Gasteiger partial charge in [0, 0.05) is 5.56 Å². The molecule has 14 heteroatoms.